The van der Waals surface area contributed by atoms with E-state index < -0.39 is 0 Å². The number of amides is 3. The largest absolute Gasteiger partial charge is 0.494 e. The number of nitrogens with one attached hydrogen (secondary N) is 2. The van der Waals surface area contributed by atoms with Crippen LogP contribution in [0.5, 0.6) is 5.75 Å². The van der Waals surface area contributed by atoms with Crippen molar-refractivity contribution in [2.75, 3.05) is 32.8 Å². The number of ether oxygens (including phenoxy) is 1. The van der Waals surface area contributed by atoms with Crippen LogP contribution in [-0.4, -0.2) is 76.3 Å². The van der Waals surface area contributed by atoms with Gasteiger partial charge in [0.25, 0.3) is 5.91 Å². The molecule has 0 aliphatic carbocycles. The molecule has 3 amide bonds. The summed E-state index contributed by atoms with van der Waals surface area (Å²) in [6.45, 7) is 1.52. The van der Waals surface area contributed by atoms with E-state index in [1.807, 2.05) is 41.3 Å². The molecular weight excluding hydrogens is 549 g/mol. The van der Waals surface area contributed by atoms with Crippen LogP contribution in [-0.2, 0) is 16.0 Å². The number of rotatable bonds is 4. The number of aromatic nitrogens is 2. The SMILES string of the molecule is O=C1CN(C(=O)c2cc3cc(F)ccc3[nH]2)CCCCOc2cccc(c2)[C@H]2CN(C(=O)CCc3cccnc3)C[C@@H]2N1. The fourth-order valence-electron chi connectivity index (χ4n) is 5.94. The van der Waals surface area contributed by atoms with Crippen LogP contribution in [0.1, 0.15) is 46.8 Å². The van der Waals surface area contributed by atoms with Gasteiger partial charge in [-0.15, -0.1) is 0 Å². The molecule has 2 bridgehead atoms. The Morgan fingerprint density at radius 3 is 2.79 bits per heavy atom. The van der Waals surface area contributed by atoms with E-state index in [4.69, 9.17) is 4.74 Å². The summed E-state index contributed by atoms with van der Waals surface area (Å²) in [4.78, 5) is 50.8. The van der Waals surface area contributed by atoms with Crippen LogP contribution < -0.4 is 10.1 Å². The number of hydrogen-bond acceptors (Lipinski definition) is 5. The third-order valence-electron chi connectivity index (χ3n) is 8.18. The third-order valence-corrected chi connectivity index (χ3v) is 8.18. The van der Waals surface area contributed by atoms with E-state index in [-0.39, 0.29) is 42.0 Å². The lowest BCUT2D eigenvalue weighted by Gasteiger charge is -2.25. The van der Waals surface area contributed by atoms with E-state index in [9.17, 15) is 18.8 Å². The molecule has 10 heteroatoms. The average molecular weight is 584 g/mol. The van der Waals surface area contributed by atoms with Crippen LogP contribution in [0.25, 0.3) is 10.9 Å². The number of nitrogens with zero attached hydrogens (tertiary/aromatic N) is 3. The first-order chi connectivity index (χ1) is 20.9. The van der Waals surface area contributed by atoms with Gasteiger partial charge in [0, 0.05) is 55.3 Å². The average Bonchev–Trinajstić information content (AvgIpc) is 3.63. The van der Waals surface area contributed by atoms with E-state index in [2.05, 4.69) is 15.3 Å². The highest BCUT2D eigenvalue weighted by atomic mass is 19.1. The van der Waals surface area contributed by atoms with Gasteiger partial charge in [0.15, 0.2) is 0 Å². The lowest BCUT2D eigenvalue weighted by molar-refractivity contribution is -0.130. The van der Waals surface area contributed by atoms with Crippen LogP contribution >= 0.6 is 0 Å². The van der Waals surface area contributed by atoms with Gasteiger partial charge in [-0.2, -0.15) is 0 Å². The van der Waals surface area contributed by atoms with Crippen molar-refractivity contribution in [3.05, 3.63) is 95.7 Å². The zero-order chi connectivity index (χ0) is 29.8. The molecule has 2 aromatic carbocycles. The number of carbonyl (C=O) groups excluding carboxylic acids is 3. The fraction of sp³-hybridized carbons (Fsp3) is 0.333. The van der Waals surface area contributed by atoms with Crippen LogP contribution in [0.3, 0.4) is 0 Å². The maximum absolute atomic E-state index is 13.7. The molecule has 6 rings (SSSR count). The molecule has 9 nitrogen and oxygen atoms in total. The number of pyridine rings is 1. The fourth-order valence-corrected chi connectivity index (χ4v) is 5.94. The number of halogens is 1. The van der Waals surface area contributed by atoms with E-state index in [0.717, 1.165) is 16.9 Å². The number of benzene rings is 2. The summed E-state index contributed by atoms with van der Waals surface area (Å²) in [7, 11) is 0. The van der Waals surface area contributed by atoms with E-state index in [1.54, 1.807) is 24.5 Å². The first kappa shape index (κ1) is 28.4. The Balaban J connectivity index is 1.21. The van der Waals surface area contributed by atoms with Crippen LogP contribution in [0, 0.1) is 5.82 Å². The topological polar surface area (TPSA) is 108 Å². The zero-order valence-electron chi connectivity index (χ0n) is 23.8. The predicted molar refractivity (Wildman–Crippen MR) is 159 cm³/mol. The summed E-state index contributed by atoms with van der Waals surface area (Å²) in [5.74, 6) is -0.392. The summed E-state index contributed by atoms with van der Waals surface area (Å²) in [5, 5.41) is 3.72. The minimum atomic E-state index is -0.385. The maximum atomic E-state index is 13.7. The zero-order valence-corrected chi connectivity index (χ0v) is 23.8. The number of aromatic amines is 1. The molecule has 2 N–H and O–H groups in total. The molecular formula is C33H34FN5O4. The molecule has 4 heterocycles. The van der Waals surface area contributed by atoms with E-state index in [0.29, 0.717) is 68.5 Å². The quantitative estimate of drug-likeness (QED) is 0.377. The second-order valence-electron chi connectivity index (χ2n) is 11.2. The summed E-state index contributed by atoms with van der Waals surface area (Å²) in [5.41, 5.74) is 2.93. The molecule has 1 fully saturated rings. The second-order valence-corrected chi connectivity index (χ2v) is 11.2. The Bertz CT molecular complexity index is 1620. The number of carbonyl (C=O) groups is 3. The van der Waals surface area contributed by atoms with Crippen molar-refractivity contribution in [3.8, 4) is 5.75 Å². The van der Waals surface area contributed by atoms with Crippen molar-refractivity contribution in [2.45, 2.75) is 37.6 Å². The van der Waals surface area contributed by atoms with Crippen molar-refractivity contribution in [1.29, 1.82) is 0 Å². The second kappa shape index (κ2) is 12.6. The van der Waals surface area contributed by atoms with Crippen molar-refractivity contribution >= 4 is 28.6 Å². The molecule has 0 radical (unpaired) electrons. The molecule has 2 aliphatic heterocycles. The van der Waals surface area contributed by atoms with Crippen LogP contribution in [0.2, 0.25) is 0 Å². The number of fused-ring (bicyclic) bond motifs is 5. The Kier molecular flexibility index (Phi) is 8.35. The summed E-state index contributed by atoms with van der Waals surface area (Å²) < 4.78 is 19.8. The van der Waals surface area contributed by atoms with E-state index in [1.165, 1.54) is 17.0 Å². The smallest absolute Gasteiger partial charge is 0.270 e. The normalized spacial score (nSPS) is 19.3. The molecule has 1 saturated heterocycles. The highest BCUT2D eigenvalue weighted by molar-refractivity contribution is 5.99. The molecule has 4 aromatic rings. The molecule has 43 heavy (non-hydrogen) atoms. The van der Waals surface area contributed by atoms with Crippen molar-refractivity contribution in [2.24, 2.45) is 0 Å². The van der Waals surface area contributed by atoms with Gasteiger partial charge in [0.2, 0.25) is 11.8 Å². The van der Waals surface area contributed by atoms with Gasteiger partial charge in [0.05, 0.1) is 19.2 Å². The first-order valence-corrected chi connectivity index (χ1v) is 14.7. The predicted octanol–water partition coefficient (Wildman–Crippen LogP) is 4.06. The van der Waals surface area contributed by atoms with Gasteiger partial charge in [-0.1, -0.05) is 18.2 Å². The Morgan fingerprint density at radius 1 is 1.02 bits per heavy atom. The van der Waals surface area contributed by atoms with Crippen LogP contribution in [0.15, 0.2) is 73.1 Å². The third kappa shape index (κ3) is 6.69. The molecule has 0 saturated carbocycles. The molecule has 0 spiro atoms. The van der Waals surface area contributed by atoms with Crippen molar-refractivity contribution in [3.63, 3.8) is 0 Å². The van der Waals surface area contributed by atoms with E-state index >= 15 is 0 Å². The molecule has 222 valence electrons. The Hall–Kier alpha value is -4.73. The molecule has 0 unspecified atom stereocenters. The lowest BCUT2D eigenvalue weighted by Crippen LogP contribution is -2.47. The van der Waals surface area contributed by atoms with Crippen molar-refractivity contribution < 1.29 is 23.5 Å². The van der Waals surface area contributed by atoms with Crippen molar-refractivity contribution in [1.82, 2.24) is 25.1 Å². The van der Waals surface area contributed by atoms with Gasteiger partial charge in [-0.05, 0) is 72.9 Å². The standard InChI is InChI=1S/C33H34FN5O4/c34-25-9-10-28-24(15-25)17-29(36-28)33(42)38-13-1-2-14-43-26-7-3-6-23(16-26)27-19-39(20-30(27)37-31(40)21-38)32(41)11-8-22-5-4-12-35-18-22/h3-7,9-10,12,15-18,27,30,36H,1-2,8,11,13-14,19-21H2,(H,37,40)/t27-,30+/m1/s1. The lowest BCUT2D eigenvalue weighted by atomic mass is 9.94. The van der Waals surface area contributed by atoms with Gasteiger partial charge in [-0.3, -0.25) is 19.4 Å². The number of H-pyrrole nitrogens is 1. The molecule has 2 aromatic heterocycles. The van der Waals surface area contributed by atoms with Gasteiger partial charge in [0.1, 0.15) is 17.3 Å². The maximum Gasteiger partial charge on any atom is 0.270 e. The highest BCUT2D eigenvalue weighted by Crippen LogP contribution is 2.31. The number of likely N-dealkylation sites (tertiary alicyclic amines) is 1. The highest BCUT2D eigenvalue weighted by Gasteiger charge is 2.37. The summed E-state index contributed by atoms with van der Waals surface area (Å²) in [6.07, 6.45) is 5.74. The Labute approximate surface area is 249 Å². The number of hydrogen-bond donors (Lipinski definition) is 2. The minimum absolute atomic E-state index is 0.0166. The van der Waals surface area contributed by atoms with Gasteiger partial charge >= 0.3 is 0 Å². The van der Waals surface area contributed by atoms with Gasteiger partial charge in [-0.25, -0.2) is 4.39 Å². The summed E-state index contributed by atoms with van der Waals surface area (Å²) >= 11 is 0. The molecule has 2 atom stereocenters. The summed E-state index contributed by atoms with van der Waals surface area (Å²) in [6, 6.07) is 17.2. The molecule has 2 aliphatic rings. The first-order valence-electron chi connectivity index (χ1n) is 14.7. The monoisotopic (exact) mass is 583 g/mol. The minimum Gasteiger partial charge on any atom is -0.494 e. The van der Waals surface area contributed by atoms with Crippen LogP contribution in [0.4, 0.5) is 4.39 Å². The number of aryl methyl sites for hydroxylation is 1. The Morgan fingerprint density at radius 2 is 1.93 bits per heavy atom. The van der Waals surface area contributed by atoms with Gasteiger partial charge < -0.3 is 24.8 Å².